The summed E-state index contributed by atoms with van der Waals surface area (Å²) in [6.45, 7) is 14.0. The van der Waals surface area contributed by atoms with E-state index >= 15 is 0 Å². The molecule has 1 heteroatoms. The molecule has 0 spiro atoms. The van der Waals surface area contributed by atoms with Crippen LogP contribution in [0.4, 0.5) is 0 Å². The van der Waals surface area contributed by atoms with Crippen LogP contribution in [0.15, 0.2) is 48.4 Å². The van der Waals surface area contributed by atoms with Gasteiger partial charge in [0.2, 0.25) is 0 Å². The van der Waals surface area contributed by atoms with E-state index in [0.717, 1.165) is 17.7 Å². The molecule has 0 saturated heterocycles. The predicted molar refractivity (Wildman–Crippen MR) is 64.9 cm³/mol. The van der Waals surface area contributed by atoms with Crippen molar-refractivity contribution in [3.05, 3.63) is 48.4 Å². The van der Waals surface area contributed by atoms with Crippen molar-refractivity contribution < 1.29 is 0 Å². The van der Waals surface area contributed by atoms with Gasteiger partial charge in [-0.25, -0.2) is 0 Å². The van der Waals surface area contributed by atoms with E-state index in [-0.39, 0.29) is 0 Å². The normalized spacial score (nSPS) is 11.9. The Bertz CT molecular complexity index is 269. The van der Waals surface area contributed by atoms with E-state index in [1.54, 1.807) is 0 Å². The minimum atomic E-state index is 0.982. The number of likely N-dealkylation sites (N-methyl/N-ethyl adjacent to an activating group) is 1. The van der Waals surface area contributed by atoms with Gasteiger partial charge < -0.3 is 4.90 Å². The molecule has 78 valence electrons. The molecule has 0 fully saturated rings. The van der Waals surface area contributed by atoms with Crippen LogP contribution in [0.5, 0.6) is 0 Å². The monoisotopic (exact) mass is 191 g/mol. The Balaban J connectivity index is 4.40. The van der Waals surface area contributed by atoms with Gasteiger partial charge in [-0.05, 0) is 26.3 Å². The van der Waals surface area contributed by atoms with E-state index in [0.29, 0.717) is 0 Å². The van der Waals surface area contributed by atoms with Crippen LogP contribution in [0.3, 0.4) is 0 Å². The highest BCUT2D eigenvalue weighted by molar-refractivity contribution is 5.24. The third-order valence-electron chi connectivity index (χ3n) is 2.02. The SMILES string of the molecule is C=C(C)C=CC(=C)N(C)C(C)=CCC. The molecular weight excluding hydrogens is 170 g/mol. The molecule has 0 N–H and O–H groups in total. The number of allylic oxidation sites excluding steroid dienone is 5. The molecule has 0 aromatic heterocycles. The second-order valence-corrected chi connectivity index (χ2v) is 3.48. The summed E-state index contributed by atoms with van der Waals surface area (Å²) in [7, 11) is 2.02. The quantitative estimate of drug-likeness (QED) is 0.596. The Morgan fingerprint density at radius 2 is 1.79 bits per heavy atom. The highest BCUT2D eigenvalue weighted by atomic mass is 15.1. The second kappa shape index (κ2) is 6.25. The van der Waals surface area contributed by atoms with Crippen LogP contribution < -0.4 is 0 Å². The van der Waals surface area contributed by atoms with Crippen LogP contribution in [0.1, 0.15) is 27.2 Å². The zero-order valence-corrected chi connectivity index (χ0v) is 9.80. The van der Waals surface area contributed by atoms with Crippen molar-refractivity contribution in [3.8, 4) is 0 Å². The maximum absolute atomic E-state index is 3.99. The maximum Gasteiger partial charge on any atom is 0.0332 e. The summed E-state index contributed by atoms with van der Waals surface area (Å²) in [5.74, 6) is 0. The lowest BCUT2D eigenvalue weighted by molar-refractivity contribution is 0.537. The molecule has 1 nitrogen and oxygen atoms in total. The van der Waals surface area contributed by atoms with E-state index in [1.165, 1.54) is 5.70 Å². The van der Waals surface area contributed by atoms with Crippen LogP contribution >= 0.6 is 0 Å². The average Bonchev–Trinajstić information content (AvgIpc) is 2.13. The number of hydrogen-bond donors (Lipinski definition) is 0. The van der Waals surface area contributed by atoms with Crippen molar-refractivity contribution >= 4 is 0 Å². The second-order valence-electron chi connectivity index (χ2n) is 3.48. The lowest BCUT2D eigenvalue weighted by Gasteiger charge is -2.20. The minimum Gasteiger partial charge on any atom is -0.349 e. The van der Waals surface area contributed by atoms with Crippen LogP contribution in [-0.2, 0) is 0 Å². The van der Waals surface area contributed by atoms with Gasteiger partial charge >= 0.3 is 0 Å². The minimum absolute atomic E-state index is 0.982. The first-order chi connectivity index (χ1) is 6.49. The highest BCUT2D eigenvalue weighted by Crippen LogP contribution is 2.10. The molecule has 14 heavy (non-hydrogen) atoms. The summed E-state index contributed by atoms with van der Waals surface area (Å²) in [6.07, 6.45) is 7.18. The van der Waals surface area contributed by atoms with Gasteiger partial charge in [-0.3, -0.25) is 0 Å². The van der Waals surface area contributed by atoms with Crippen LogP contribution in [0.25, 0.3) is 0 Å². The lowest BCUT2D eigenvalue weighted by Crippen LogP contribution is -2.12. The average molecular weight is 191 g/mol. The van der Waals surface area contributed by atoms with Gasteiger partial charge in [0, 0.05) is 18.4 Å². The van der Waals surface area contributed by atoms with Crippen LogP contribution in [0, 0.1) is 0 Å². The topological polar surface area (TPSA) is 3.24 Å². The van der Waals surface area contributed by atoms with Crippen molar-refractivity contribution in [2.75, 3.05) is 7.05 Å². The zero-order chi connectivity index (χ0) is 11.1. The van der Waals surface area contributed by atoms with Gasteiger partial charge in [-0.15, -0.1) is 0 Å². The number of nitrogens with zero attached hydrogens (tertiary/aromatic N) is 1. The van der Waals surface area contributed by atoms with Gasteiger partial charge in [0.1, 0.15) is 0 Å². The molecule has 0 aliphatic rings. The lowest BCUT2D eigenvalue weighted by atomic mass is 10.2. The fourth-order valence-electron chi connectivity index (χ4n) is 1.01. The van der Waals surface area contributed by atoms with Gasteiger partial charge in [-0.1, -0.05) is 37.8 Å². The van der Waals surface area contributed by atoms with E-state index < -0.39 is 0 Å². The van der Waals surface area contributed by atoms with E-state index in [1.807, 2.05) is 26.1 Å². The molecule has 0 rings (SSSR count). The predicted octanol–water partition coefficient (Wildman–Crippen LogP) is 3.88. The molecule has 0 radical (unpaired) electrons. The van der Waals surface area contributed by atoms with Crippen molar-refractivity contribution in [2.45, 2.75) is 27.2 Å². The summed E-state index contributed by atoms with van der Waals surface area (Å²) in [4.78, 5) is 2.07. The first-order valence-corrected chi connectivity index (χ1v) is 4.92. The van der Waals surface area contributed by atoms with E-state index in [2.05, 4.69) is 38.0 Å². The largest absolute Gasteiger partial charge is 0.349 e. The Morgan fingerprint density at radius 3 is 2.21 bits per heavy atom. The maximum atomic E-state index is 3.99. The first-order valence-electron chi connectivity index (χ1n) is 4.92. The molecular formula is C13H21N. The Kier molecular flexibility index (Phi) is 5.70. The van der Waals surface area contributed by atoms with E-state index in [9.17, 15) is 0 Å². The molecule has 0 aliphatic carbocycles. The van der Waals surface area contributed by atoms with Crippen molar-refractivity contribution in [2.24, 2.45) is 0 Å². The fourth-order valence-corrected chi connectivity index (χ4v) is 1.01. The number of hydrogen-bond acceptors (Lipinski definition) is 1. The molecule has 0 aliphatic heterocycles. The molecule has 0 aromatic carbocycles. The molecule has 0 unspecified atom stereocenters. The van der Waals surface area contributed by atoms with Crippen LogP contribution in [0.2, 0.25) is 0 Å². The standard InChI is InChI=1S/C13H21N/c1-7-8-12(4)14(6)13(5)10-9-11(2)3/h8-10H,2,5,7H2,1,3-4,6H3. The van der Waals surface area contributed by atoms with Gasteiger partial charge in [0.05, 0.1) is 0 Å². The molecule has 0 saturated carbocycles. The molecule has 0 aromatic rings. The summed E-state index contributed by atoms with van der Waals surface area (Å²) >= 11 is 0. The van der Waals surface area contributed by atoms with Gasteiger partial charge in [-0.2, -0.15) is 0 Å². The first kappa shape index (κ1) is 12.8. The number of rotatable bonds is 5. The van der Waals surface area contributed by atoms with Crippen molar-refractivity contribution in [3.63, 3.8) is 0 Å². The Labute approximate surface area is 88.1 Å². The van der Waals surface area contributed by atoms with Gasteiger partial charge in [0.25, 0.3) is 0 Å². The van der Waals surface area contributed by atoms with Crippen molar-refractivity contribution in [1.82, 2.24) is 4.90 Å². The Morgan fingerprint density at radius 1 is 1.21 bits per heavy atom. The summed E-state index contributed by atoms with van der Waals surface area (Å²) in [5.41, 5.74) is 3.25. The van der Waals surface area contributed by atoms with Crippen LogP contribution in [-0.4, -0.2) is 11.9 Å². The highest BCUT2D eigenvalue weighted by Gasteiger charge is 1.99. The summed E-state index contributed by atoms with van der Waals surface area (Å²) in [5, 5.41) is 0. The molecule has 0 bridgehead atoms. The zero-order valence-electron chi connectivity index (χ0n) is 9.80. The van der Waals surface area contributed by atoms with Gasteiger partial charge in [0.15, 0.2) is 0 Å². The molecule has 0 atom stereocenters. The summed E-state index contributed by atoms with van der Waals surface area (Å²) < 4.78 is 0. The van der Waals surface area contributed by atoms with Crippen molar-refractivity contribution in [1.29, 1.82) is 0 Å². The van der Waals surface area contributed by atoms with E-state index in [4.69, 9.17) is 0 Å². The molecule has 0 heterocycles. The Hall–Kier alpha value is -1.24. The smallest absolute Gasteiger partial charge is 0.0332 e. The molecule has 0 amide bonds. The third-order valence-corrected chi connectivity index (χ3v) is 2.02. The summed E-state index contributed by atoms with van der Waals surface area (Å²) in [6, 6.07) is 0. The fraction of sp³-hybridized carbons (Fsp3) is 0.385. The third kappa shape index (κ3) is 4.70.